The van der Waals surface area contributed by atoms with Crippen molar-refractivity contribution in [3.63, 3.8) is 0 Å². The Morgan fingerprint density at radius 3 is 2.65 bits per heavy atom. The molecule has 0 bridgehead atoms. The van der Waals surface area contributed by atoms with Crippen molar-refractivity contribution in [1.82, 2.24) is 15.5 Å². The van der Waals surface area contributed by atoms with Crippen LogP contribution in [0.4, 0.5) is 4.79 Å². The molecule has 116 valence electrons. The number of urea groups is 1. The summed E-state index contributed by atoms with van der Waals surface area (Å²) in [6, 6.07) is -0.603. The number of nitrogens with zero attached hydrogens (tertiary/aromatic N) is 1. The second-order valence-corrected chi connectivity index (χ2v) is 5.50. The van der Waals surface area contributed by atoms with E-state index in [0.29, 0.717) is 13.0 Å². The molecule has 0 saturated carbocycles. The van der Waals surface area contributed by atoms with E-state index < -0.39 is 6.03 Å². The smallest absolute Gasteiger partial charge is 0.321 e. The van der Waals surface area contributed by atoms with Crippen LogP contribution in [-0.2, 0) is 4.79 Å². The van der Waals surface area contributed by atoms with E-state index in [1.54, 1.807) is 13.8 Å². The van der Waals surface area contributed by atoms with Gasteiger partial charge in [0.05, 0.1) is 12.1 Å². The van der Waals surface area contributed by atoms with Crippen LogP contribution < -0.4 is 10.6 Å². The summed E-state index contributed by atoms with van der Waals surface area (Å²) in [6.45, 7) is 6.71. The Balaban J connectivity index is 2.59. The Morgan fingerprint density at radius 1 is 1.35 bits per heavy atom. The molecular formula is C14H27N3O3. The molecule has 0 aliphatic carbocycles. The largest absolute Gasteiger partial charge is 0.393 e. The van der Waals surface area contributed by atoms with Crippen LogP contribution in [0.3, 0.4) is 0 Å². The molecule has 6 nitrogen and oxygen atoms in total. The highest BCUT2D eigenvalue weighted by molar-refractivity contribution is 5.96. The lowest BCUT2D eigenvalue weighted by Gasteiger charge is -2.39. The quantitative estimate of drug-likeness (QED) is 0.699. The number of imide groups is 1. The van der Waals surface area contributed by atoms with Crippen molar-refractivity contribution in [2.75, 3.05) is 13.1 Å². The van der Waals surface area contributed by atoms with Gasteiger partial charge >= 0.3 is 6.03 Å². The molecule has 1 aliphatic rings. The van der Waals surface area contributed by atoms with Crippen LogP contribution in [0.15, 0.2) is 0 Å². The van der Waals surface area contributed by atoms with Gasteiger partial charge in [0.25, 0.3) is 0 Å². The van der Waals surface area contributed by atoms with Crippen molar-refractivity contribution in [1.29, 1.82) is 0 Å². The minimum atomic E-state index is -0.451. The van der Waals surface area contributed by atoms with Gasteiger partial charge in [-0.15, -0.1) is 0 Å². The Bertz CT molecular complexity index is 334. The Hall–Kier alpha value is -1.14. The number of likely N-dealkylation sites (tertiary alicyclic amines) is 1. The van der Waals surface area contributed by atoms with Crippen LogP contribution in [0.1, 0.15) is 46.5 Å². The molecule has 3 N–H and O–H groups in total. The lowest BCUT2D eigenvalue weighted by atomic mass is 9.95. The monoisotopic (exact) mass is 285 g/mol. The number of hydrogen-bond acceptors (Lipinski definition) is 4. The molecule has 1 aliphatic heterocycles. The van der Waals surface area contributed by atoms with Gasteiger partial charge in [-0.05, 0) is 46.6 Å². The molecule has 3 amide bonds. The number of aliphatic hydroxyl groups is 1. The number of piperidine rings is 1. The van der Waals surface area contributed by atoms with Crippen LogP contribution in [0.2, 0.25) is 0 Å². The topological polar surface area (TPSA) is 81.7 Å². The average Bonchev–Trinajstić information content (AvgIpc) is 2.38. The van der Waals surface area contributed by atoms with E-state index in [4.69, 9.17) is 0 Å². The molecule has 1 heterocycles. The zero-order valence-electron chi connectivity index (χ0n) is 12.7. The molecule has 20 heavy (non-hydrogen) atoms. The van der Waals surface area contributed by atoms with Crippen molar-refractivity contribution in [3.05, 3.63) is 0 Å². The van der Waals surface area contributed by atoms with E-state index in [0.717, 1.165) is 25.8 Å². The molecule has 3 unspecified atom stereocenters. The van der Waals surface area contributed by atoms with Crippen molar-refractivity contribution in [3.8, 4) is 0 Å². The van der Waals surface area contributed by atoms with Crippen LogP contribution in [0.5, 0.6) is 0 Å². The minimum absolute atomic E-state index is 0.207. The number of nitrogens with one attached hydrogen (secondary N) is 2. The highest BCUT2D eigenvalue weighted by atomic mass is 16.3. The van der Waals surface area contributed by atoms with Gasteiger partial charge in [0, 0.05) is 12.6 Å². The van der Waals surface area contributed by atoms with Gasteiger partial charge in [0.2, 0.25) is 5.91 Å². The second kappa shape index (κ2) is 8.21. The van der Waals surface area contributed by atoms with Crippen molar-refractivity contribution >= 4 is 11.9 Å². The Kier molecular flexibility index (Phi) is 6.95. The van der Waals surface area contributed by atoms with E-state index in [9.17, 15) is 14.7 Å². The molecule has 3 atom stereocenters. The Labute approximate surface area is 120 Å². The minimum Gasteiger partial charge on any atom is -0.393 e. The number of amides is 3. The zero-order valence-corrected chi connectivity index (χ0v) is 12.7. The third-order valence-electron chi connectivity index (χ3n) is 3.74. The molecule has 0 aromatic rings. The van der Waals surface area contributed by atoms with E-state index in [1.807, 2.05) is 6.92 Å². The highest BCUT2D eigenvalue weighted by Crippen LogP contribution is 2.23. The number of carbonyl (C=O) groups excluding carboxylic acids is 2. The number of hydrogen-bond donors (Lipinski definition) is 3. The summed E-state index contributed by atoms with van der Waals surface area (Å²) in [7, 11) is 0. The van der Waals surface area contributed by atoms with E-state index >= 15 is 0 Å². The fraction of sp³-hybridized carbons (Fsp3) is 0.857. The van der Waals surface area contributed by atoms with Crippen molar-refractivity contribution in [2.24, 2.45) is 0 Å². The average molecular weight is 285 g/mol. The molecule has 1 saturated heterocycles. The standard InChI is InChI=1S/C14H27N3O3/c1-4-15-14(20)16-13(19)11(3)17-8-6-5-7-12(17)9-10(2)18/h10-12,18H,4-9H2,1-3H3,(H2,15,16,19,20). The molecule has 0 radical (unpaired) electrons. The predicted molar refractivity (Wildman–Crippen MR) is 77.3 cm³/mol. The lowest BCUT2D eigenvalue weighted by Crippen LogP contribution is -2.54. The van der Waals surface area contributed by atoms with Gasteiger partial charge in [-0.1, -0.05) is 6.42 Å². The molecular weight excluding hydrogens is 258 g/mol. The van der Waals surface area contributed by atoms with E-state index in [1.165, 1.54) is 0 Å². The van der Waals surface area contributed by atoms with Crippen LogP contribution in [0, 0.1) is 0 Å². The predicted octanol–water partition coefficient (Wildman–Crippen LogP) is 0.846. The first-order valence-corrected chi connectivity index (χ1v) is 7.48. The van der Waals surface area contributed by atoms with Gasteiger partial charge in [-0.25, -0.2) is 4.79 Å². The summed E-state index contributed by atoms with van der Waals surface area (Å²) in [4.78, 5) is 25.6. The normalized spacial score (nSPS) is 22.9. The van der Waals surface area contributed by atoms with Gasteiger partial charge in [-0.3, -0.25) is 15.0 Å². The first kappa shape index (κ1) is 16.9. The first-order chi connectivity index (χ1) is 9.45. The molecule has 0 aromatic carbocycles. The summed E-state index contributed by atoms with van der Waals surface area (Å²) in [5.41, 5.74) is 0. The summed E-state index contributed by atoms with van der Waals surface area (Å²) in [6.07, 6.45) is 3.45. The number of aliphatic hydroxyl groups excluding tert-OH is 1. The summed E-state index contributed by atoms with van der Waals surface area (Å²) >= 11 is 0. The zero-order chi connectivity index (χ0) is 15.1. The molecule has 0 aromatic heterocycles. The van der Waals surface area contributed by atoms with Crippen molar-refractivity contribution in [2.45, 2.75) is 64.6 Å². The maximum absolute atomic E-state index is 12.1. The van der Waals surface area contributed by atoms with E-state index in [-0.39, 0.29) is 24.1 Å². The number of rotatable bonds is 5. The second-order valence-electron chi connectivity index (χ2n) is 5.50. The fourth-order valence-electron chi connectivity index (χ4n) is 2.75. The first-order valence-electron chi connectivity index (χ1n) is 7.48. The lowest BCUT2D eigenvalue weighted by molar-refractivity contribution is -0.126. The van der Waals surface area contributed by atoms with Crippen LogP contribution >= 0.6 is 0 Å². The molecule has 0 spiro atoms. The third kappa shape index (κ3) is 5.09. The van der Waals surface area contributed by atoms with Gasteiger partial charge in [0.15, 0.2) is 0 Å². The summed E-state index contributed by atoms with van der Waals surface area (Å²) in [5, 5.41) is 14.5. The fourth-order valence-corrected chi connectivity index (χ4v) is 2.75. The molecule has 1 fully saturated rings. The SMILES string of the molecule is CCNC(=O)NC(=O)C(C)N1CCCCC1CC(C)O. The summed E-state index contributed by atoms with van der Waals surface area (Å²) < 4.78 is 0. The van der Waals surface area contributed by atoms with Crippen LogP contribution in [-0.4, -0.2) is 53.2 Å². The molecule has 6 heteroatoms. The third-order valence-corrected chi connectivity index (χ3v) is 3.74. The Morgan fingerprint density at radius 2 is 2.05 bits per heavy atom. The van der Waals surface area contributed by atoms with Gasteiger partial charge in [0.1, 0.15) is 0 Å². The summed E-state index contributed by atoms with van der Waals surface area (Å²) in [5.74, 6) is -0.284. The van der Waals surface area contributed by atoms with Gasteiger partial charge in [-0.2, -0.15) is 0 Å². The number of carbonyl (C=O) groups is 2. The maximum atomic E-state index is 12.1. The highest BCUT2D eigenvalue weighted by Gasteiger charge is 2.31. The maximum Gasteiger partial charge on any atom is 0.321 e. The van der Waals surface area contributed by atoms with Crippen molar-refractivity contribution < 1.29 is 14.7 Å². The molecule has 1 rings (SSSR count). The van der Waals surface area contributed by atoms with Gasteiger partial charge < -0.3 is 10.4 Å². The van der Waals surface area contributed by atoms with E-state index in [2.05, 4.69) is 15.5 Å². The van der Waals surface area contributed by atoms with Crippen LogP contribution in [0.25, 0.3) is 0 Å².